The molecule has 0 radical (unpaired) electrons. The van der Waals surface area contributed by atoms with Crippen molar-refractivity contribution in [1.29, 1.82) is 0 Å². The first-order valence-electron chi connectivity index (χ1n) is 3.44. The van der Waals surface area contributed by atoms with Crippen LogP contribution in [0.1, 0.15) is 17.0 Å². The summed E-state index contributed by atoms with van der Waals surface area (Å²) in [6, 6.07) is 3.24. The third kappa shape index (κ3) is 2.32. The molecule has 0 spiro atoms. The molecule has 0 aliphatic heterocycles. The van der Waals surface area contributed by atoms with E-state index >= 15 is 0 Å². The molecule has 0 aromatic carbocycles. The van der Waals surface area contributed by atoms with Gasteiger partial charge >= 0.3 is 77.5 Å². The van der Waals surface area contributed by atoms with Crippen LogP contribution in [0, 0.1) is 0 Å². The molecule has 64 valence electrons. The fourth-order valence-corrected chi connectivity index (χ4v) is 1.12. The molecule has 0 fully saturated rings. The monoisotopic (exact) mass is 232 g/mol. The number of aldehydes is 1. The molecule has 3 nitrogen and oxygen atoms in total. The van der Waals surface area contributed by atoms with Gasteiger partial charge in [-0.1, -0.05) is 0 Å². The molecule has 1 heterocycles. The standard InChI is InChI=1S/C8H8O3Se/c9-5-6(12)4-7(10)8-2-1-3-11-8/h1-3,5-6,12H,4H2. The van der Waals surface area contributed by atoms with E-state index < -0.39 is 0 Å². The Kier molecular flexibility index (Phi) is 3.26. The molecular formula is C8H8O3Se. The van der Waals surface area contributed by atoms with E-state index in [4.69, 9.17) is 4.42 Å². The molecule has 12 heavy (non-hydrogen) atoms. The van der Waals surface area contributed by atoms with Gasteiger partial charge in [-0.25, -0.2) is 0 Å². The molecule has 1 aromatic rings. The maximum absolute atomic E-state index is 11.2. The van der Waals surface area contributed by atoms with E-state index in [1.807, 2.05) is 0 Å². The molecule has 4 heteroatoms. The van der Waals surface area contributed by atoms with Crippen molar-refractivity contribution < 1.29 is 14.0 Å². The van der Waals surface area contributed by atoms with E-state index in [9.17, 15) is 9.59 Å². The maximum atomic E-state index is 11.2. The van der Waals surface area contributed by atoms with Crippen LogP contribution in [0.5, 0.6) is 0 Å². The van der Waals surface area contributed by atoms with Crippen LogP contribution in [0.15, 0.2) is 22.8 Å². The summed E-state index contributed by atoms with van der Waals surface area (Å²) in [5.41, 5.74) is 0. The van der Waals surface area contributed by atoms with Crippen LogP contribution in [-0.4, -0.2) is 28.1 Å². The third-order valence-corrected chi connectivity index (χ3v) is 1.99. The van der Waals surface area contributed by atoms with Crippen LogP contribution in [-0.2, 0) is 4.79 Å². The fourth-order valence-electron chi connectivity index (χ4n) is 0.776. The summed E-state index contributed by atoms with van der Waals surface area (Å²) in [7, 11) is 0. The van der Waals surface area contributed by atoms with Crippen LogP contribution in [0.4, 0.5) is 0 Å². The number of hydrogen-bond donors (Lipinski definition) is 0. The van der Waals surface area contributed by atoms with Crippen molar-refractivity contribution >= 4 is 28.1 Å². The number of rotatable bonds is 4. The second-order valence-electron chi connectivity index (χ2n) is 2.31. The number of Topliss-reactive ketones (excluding diaryl/α,β-unsaturated/α-hetero) is 1. The summed E-state index contributed by atoms with van der Waals surface area (Å²) < 4.78 is 4.87. The van der Waals surface area contributed by atoms with Gasteiger partial charge in [0, 0.05) is 0 Å². The van der Waals surface area contributed by atoms with Crippen molar-refractivity contribution in [2.75, 3.05) is 0 Å². The minimum atomic E-state index is -0.296. The molecule has 0 saturated carbocycles. The summed E-state index contributed by atoms with van der Waals surface area (Å²) in [6.07, 6.45) is 2.37. The van der Waals surface area contributed by atoms with Gasteiger partial charge in [0.2, 0.25) is 0 Å². The Bertz CT molecular complexity index is 266. The molecular weight excluding hydrogens is 223 g/mol. The Labute approximate surface area is 77.9 Å². The van der Waals surface area contributed by atoms with E-state index in [2.05, 4.69) is 16.0 Å². The first-order valence-corrected chi connectivity index (χ1v) is 4.52. The molecule has 0 bridgehead atoms. The number of furan rings is 1. The molecule has 0 aliphatic rings. The predicted octanol–water partition coefficient (Wildman–Crippen LogP) is 0.741. The minimum absolute atomic E-state index is 0.141. The van der Waals surface area contributed by atoms with Crippen LogP contribution < -0.4 is 0 Å². The third-order valence-electron chi connectivity index (χ3n) is 1.35. The summed E-state index contributed by atoms with van der Waals surface area (Å²) in [5, 5.41) is 0. The molecule has 1 rings (SSSR count). The number of hydrogen-bond acceptors (Lipinski definition) is 3. The van der Waals surface area contributed by atoms with Gasteiger partial charge in [0.25, 0.3) is 0 Å². The molecule has 1 unspecified atom stereocenters. The number of carbonyl (C=O) groups is 2. The molecule has 0 N–H and O–H groups in total. The molecule has 0 aliphatic carbocycles. The van der Waals surface area contributed by atoms with E-state index in [0.717, 1.165) is 6.29 Å². The quantitative estimate of drug-likeness (QED) is 0.436. The summed E-state index contributed by atoms with van der Waals surface area (Å²) in [5.74, 6) is 0.172. The molecule has 0 saturated heterocycles. The van der Waals surface area contributed by atoms with Gasteiger partial charge in [-0.3, -0.25) is 0 Å². The first-order chi connectivity index (χ1) is 5.74. The zero-order valence-electron chi connectivity index (χ0n) is 6.27. The van der Waals surface area contributed by atoms with Crippen molar-refractivity contribution in [2.45, 2.75) is 11.2 Å². The zero-order valence-corrected chi connectivity index (χ0v) is 8.14. The second-order valence-corrected chi connectivity index (χ2v) is 3.70. The van der Waals surface area contributed by atoms with Gasteiger partial charge in [0.15, 0.2) is 0 Å². The Balaban J connectivity index is 2.55. The van der Waals surface area contributed by atoms with E-state index in [1.165, 1.54) is 6.26 Å². The van der Waals surface area contributed by atoms with Gasteiger partial charge in [-0.05, 0) is 0 Å². The van der Waals surface area contributed by atoms with Crippen LogP contribution in [0.2, 0.25) is 4.82 Å². The second kappa shape index (κ2) is 4.24. The van der Waals surface area contributed by atoms with Crippen molar-refractivity contribution in [1.82, 2.24) is 0 Å². The topological polar surface area (TPSA) is 47.3 Å². The SMILES string of the molecule is O=CC([SeH])CC(=O)c1ccco1. The number of ketones is 1. The zero-order chi connectivity index (χ0) is 8.97. The van der Waals surface area contributed by atoms with Crippen LogP contribution >= 0.6 is 0 Å². The van der Waals surface area contributed by atoms with Gasteiger partial charge in [-0.15, -0.1) is 0 Å². The van der Waals surface area contributed by atoms with Gasteiger partial charge in [0.1, 0.15) is 0 Å². The van der Waals surface area contributed by atoms with Crippen LogP contribution in [0.25, 0.3) is 0 Å². The van der Waals surface area contributed by atoms with Gasteiger partial charge in [-0.2, -0.15) is 0 Å². The van der Waals surface area contributed by atoms with E-state index in [-0.39, 0.29) is 17.0 Å². The average Bonchev–Trinajstić information content (AvgIpc) is 2.56. The molecule has 0 amide bonds. The molecule has 1 aromatic heterocycles. The van der Waals surface area contributed by atoms with Gasteiger partial charge < -0.3 is 0 Å². The summed E-state index contributed by atoms with van der Waals surface area (Å²) in [6.45, 7) is 0. The Morgan fingerprint density at radius 2 is 2.50 bits per heavy atom. The molecule has 1 atom stereocenters. The summed E-state index contributed by atoms with van der Waals surface area (Å²) in [4.78, 5) is 21.1. The van der Waals surface area contributed by atoms with Crippen molar-refractivity contribution in [3.63, 3.8) is 0 Å². The first kappa shape index (κ1) is 9.23. The normalized spacial score (nSPS) is 12.4. The van der Waals surface area contributed by atoms with Crippen molar-refractivity contribution in [2.24, 2.45) is 0 Å². The number of carbonyl (C=O) groups excluding carboxylic acids is 2. The fraction of sp³-hybridized carbons (Fsp3) is 0.250. The Morgan fingerprint density at radius 3 is 3.00 bits per heavy atom. The van der Waals surface area contributed by atoms with Crippen LogP contribution in [0.3, 0.4) is 0 Å². The van der Waals surface area contributed by atoms with Gasteiger partial charge in [0.05, 0.1) is 0 Å². The van der Waals surface area contributed by atoms with E-state index in [0.29, 0.717) is 5.76 Å². The Morgan fingerprint density at radius 1 is 1.75 bits per heavy atom. The summed E-state index contributed by atoms with van der Waals surface area (Å²) >= 11 is 2.15. The Hall–Kier alpha value is -0.861. The van der Waals surface area contributed by atoms with Crippen molar-refractivity contribution in [3.8, 4) is 0 Å². The van der Waals surface area contributed by atoms with Crippen molar-refractivity contribution in [3.05, 3.63) is 24.2 Å². The predicted molar refractivity (Wildman–Crippen MR) is 44.6 cm³/mol. The average molecular weight is 231 g/mol. The van der Waals surface area contributed by atoms with E-state index in [1.54, 1.807) is 12.1 Å².